The van der Waals surface area contributed by atoms with Gasteiger partial charge in [-0.3, -0.25) is 0 Å². The Hall–Kier alpha value is 0.210. The number of rotatable bonds is 3. The largest absolute Gasteiger partial charge is 0.317 e. The molecule has 0 aliphatic heterocycles. The molecule has 0 radical (unpaired) electrons. The van der Waals surface area contributed by atoms with Gasteiger partial charge in [-0.05, 0) is 6.42 Å². The molecule has 46 valence electrons. The lowest BCUT2D eigenvalue weighted by atomic mass is 10.3. The van der Waals surface area contributed by atoms with Gasteiger partial charge in [0.25, 0.3) is 0 Å². The van der Waals surface area contributed by atoms with Gasteiger partial charge in [-0.25, -0.2) is 5.48 Å². The number of hydrogen-bond donors (Lipinski definition) is 2. The Morgan fingerprint density at radius 1 is 1.57 bits per heavy atom. The zero-order valence-electron chi connectivity index (χ0n) is 4.48. The molecule has 0 aliphatic carbocycles. The highest BCUT2D eigenvalue weighted by molar-refractivity contribution is 5.85. The van der Waals surface area contributed by atoms with Crippen LogP contribution < -0.4 is 5.48 Å². The molecule has 0 aromatic heterocycles. The average molecular weight is 126 g/mol. The van der Waals surface area contributed by atoms with Gasteiger partial charge in [-0.1, -0.05) is 13.3 Å². The van der Waals surface area contributed by atoms with E-state index in [-0.39, 0.29) is 12.4 Å². The normalized spacial score (nSPS) is 7.71. The Bertz CT molecular complexity index is 23.7. The molecule has 2 N–H and O–H groups in total. The SMILES string of the molecule is CCCCNO.Cl. The molecular weight excluding hydrogens is 114 g/mol. The van der Waals surface area contributed by atoms with E-state index in [0.717, 1.165) is 19.4 Å². The molecule has 0 rings (SSSR count). The first-order valence-corrected chi connectivity index (χ1v) is 2.28. The molecule has 0 aromatic carbocycles. The molecule has 0 unspecified atom stereocenters. The van der Waals surface area contributed by atoms with E-state index in [4.69, 9.17) is 5.21 Å². The van der Waals surface area contributed by atoms with Gasteiger partial charge in [0.05, 0.1) is 0 Å². The van der Waals surface area contributed by atoms with Crippen LogP contribution in [0, 0.1) is 0 Å². The zero-order valence-corrected chi connectivity index (χ0v) is 5.29. The smallest absolute Gasteiger partial charge is 0.0207 e. The van der Waals surface area contributed by atoms with Gasteiger partial charge in [0, 0.05) is 6.54 Å². The molecule has 3 heteroatoms. The van der Waals surface area contributed by atoms with E-state index >= 15 is 0 Å². The summed E-state index contributed by atoms with van der Waals surface area (Å²) >= 11 is 0. The minimum atomic E-state index is 0. The van der Waals surface area contributed by atoms with Crippen molar-refractivity contribution in [2.24, 2.45) is 0 Å². The van der Waals surface area contributed by atoms with Crippen molar-refractivity contribution in [2.45, 2.75) is 19.8 Å². The minimum absolute atomic E-state index is 0. The fourth-order valence-corrected chi connectivity index (χ4v) is 0.256. The molecule has 0 saturated heterocycles. The maximum Gasteiger partial charge on any atom is 0.0207 e. The number of unbranched alkanes of at least 4 members (excludes halogenated alkanes) is 1. The third kappa shape index (κ3) is 10.7. The quantitative estimate of drug-likeness (QED) is 0.439. The Balaban J connectivity index is 0. The van der Waals surface area contributed by atoms with Crippen LogP contribution in [0.15, 0.2) is 0 Å². The van der Waals surface area contributed by atoms with E-state index in [1.54, 1.807) is 0 Å². The van der Waals surface area contributed by atoms with E-state index in [2.05, 4.69) is 12.4 Å². The number of halogens is 1. The highest BCUT2D eigenvalue weighted by atomic mass is 35.5. The van der Waals surface area contributed by atoms with Gasteiger partial charge in [-0.15, -0.1) is 12.4 Å². The Labute approximate surface area is 50.3 Å². The average Bonchev–Trinajstić information content (AvgIpc) is 1.61. The fourth-order valence-electron chi connectivity index (χ4n) is 0.256. The molecule has 0 fully saturated rings. The Morgan fingerprint density at radius 3 is 2.29 bits per heavy atom. The molecule has 0 saturated carbocycles. The van der Waals surface area contributed by atoms with Crippen molar-refractivity contribution in [2.75, 3.05) is 6.54 Å². The highest BCUT2D eigenvalue weighted by Crippen LogP contribution is 1.79. The summed E-state index contributed by atoms with van der Waals surface area (Å²) in [5, 5.41) is 7.95. The molecular formula is C4H12ClNO. The second-order valence-electron chi connectivity index (χ2n) is 1.26. The summed E-state index contributed by atoms with van der Waals surface area (Å²) < 4.78 is 0. The van der Waals surface area contributed by atoms with Gasteiger partial charge >= 0.3 is 0 Å². The molecule has 2 nitrogen and oxygen atoms in total. The second kappa shape index (κ2) is 9.51. The van der Waals surface area contributed by atoms with E-state index in [9.17, 15) is 0 Å². The zero-order chi connectivity index (χ0) is 4.83. The van der Waals surface area contributed by atoms with Crippen LogP contribution in [0.3, 0.4) is 0 Å². The molecule has 0 amide bonds. The standard InChI is InChI=1S/C4H11NO.ClH/c1-2-3-4-5-6;/h5-6H,2-4H2,1H3;1H. The first kappa shape index (κ1) is 10.2. The topological polar surface area (TPSA) is 32.3 Å². The monoisotopic (exact) mass is 125 g/mol. The van der Waals surface area contributed by atoms with Gasteiger partial charge in [-0.2, -0.15) is 0 Å². The van der Waals surface area contributed by atoms with Crippen LogP contribution in [0.4, 0.5) is 0 Å². The van der Waals surface area contributed by atoms with Crippen molar-refractivity contribution < 1.29 is 5.21 Å². The summed E-state index contributed by atoms with van der Waals surface area (Å²) in [4.78, 5) is 0. The van der Waals surface area contributed by atoms with Crippen molar-refractivity contribution in [3.8, 4) is 0 Å². The fraction of sp³-hybridized carbons (Fsp3) is 1.00. The predicted molar refractivity (Wildman–Crippen MR) is 31.9 cm³/mol. The van der Waals surface area contributed by atoms with E-state index in [1.165, 1.54) is 0 Å². The maximum atomic E-state index is 7.95. The van der Waals surface area contributed by atoms with Crippen LogP contribution in [0.2, 0.25) is 0 Å². The van der Waals surface area contributed by atoms with E-state index in [1.807, 2.05) is 0 Å². The Morgan fingerprint density at radius 2 is 2.14 bits per heavy atom. The van der Waals surface area contributed by atoms with Gasteiger partial charge in [0.1, 0.15) is 0 Å². The van der Waals surface area contributed by atoms with Crippen LogP contribution in [0.5, 0.6) is 0 Å². The van der Waals surface area contributed by atoms with Crippen molar-refractivity contribution >= 4 is 12.4 Å². The van der Waals surface area contributed by atoms with Gasteiger partial charge in [0.2, 0.25) is 0 Å². The van der Waals surface area contributed by atoms with E-state index in [0.29, 0.717) is 0 Å². The summed E-state index contributed by atoms with van der Waals surface area (Å²) in [5.74, 6) is 0. The lowest BCUT2D eigenvalue weighted by molar-refractivity contribution is 0.165. The molecule has 7 heavy (non-hydrogen) atoms. The minimum Gasteiger partial charge on any atom is -0.317 e. The van der Waals surface area contributed by atoms with Crippen LogP contribution in [-0.4, -0.2) is 11.8 Å². The van der Waals surface area contributed by atoms with E-state index < -0.39 is 0 Å². The molecule has 0 aliphatic rings. The van der Waals surface area contributed by atoms with Gasteiger partial charge in [0.15, 0.2) is 0 Å². The highest BCUT2D eigenvalue weighted by Gasteiger charge is 1.74. The molecule has 0 aromatic rings. The second-order valence-corrected chi connectivity index (χ2v) is 1.26. The number of hydroxylamine groups is 1. The molecule has 0 spiro atoms. The van der Waals surface area contributed by atoms with Crippen LogP contribution in [0.1, 0.15) is 19.8 Å². The predicted octanol–water partition coefficient (Wildman–Crippen LogP) is 1.19. The third-order valence-electron chi connectivity index (χ3n) is 0.642. The first-order chi connectivity index (χ1) is 2.91. The van der Waals surface area contributed by atoms with Crippen LogP contribution in [0.25, 0.3) is 0 Å². The third-order valence-corrected chi connectivity index (χ3v) is 0.642. The maximum absolute atomic E-state index is 7.95. The van der Waals surface area contributed by atoms with Crippen LogP contribution in [-0.2, 0) is 0 Å². The molecule has 0 atom stereocenters. The van der Waals surface area contributed by atoms with Crippen LogP contribution >= 0.6 is 12.4 Å². The molecule has 0 bridgehead atoms. The van der Waals surface area contributed by atoms with Gasteiger partial charge < -0.3 is 5.21 Å². The summed E-state index contributed by atoms with van der Waals surface area (Å²) in [5.41, 5.74) is 2.07. The van der Waals surface area contributed by atoms with Crippen molar-refractivity contribution in [1.82, 2.24) is 5.48 Å². The number of nitrogens with one attached hydrogen (secondary N) is 1. The van der Waals surface area contributed by atoms with Crippen molar-refractivity contribution in [3.63, 3.8) is 0 Å². The van der Waals surface area contributed by atoms with Crippen molar-refractivity contribution in [3.05, 3.63) is 0 Å². The summed E-state index contributed by atoms with van der Waals surface area (Å²) in [7, 11) is 0. The summed E-state index contributed by atoms with van der Waals surface area (Å²) in [6.45, 7) is 2.80. The Kier molecular flexibility index (Phi) is 13.9. The lowest BCUT2D eigenvalue weighted by Gasteiger charge is -1.88. The summed E-state index contributed by atoms with van der Waals surface area (Å²) in [6.07, 6.45) is 2.18. The van der Waals surface area contributed by atoms with Crippen molar-refractivity contribution in [1.29, 1.82) is 0 Å². The first-order valence-electron chi connectivity index (χ1n) is 2.28. The lowest BCUT2D eigenvalue weighted by Crippen LogP contribution is -2.07. The molecule has 0 heterocycles. The number of hydrogen-bond acceptors (Lipinski definition) is 2. The summed E-state index contributed by atoms with van der Waals surface area (Å²) in [6, 6.07) is 0.